The second kappa shape index (κ2) is 8.36. The highest BCUT2D eigenvalue weighted by molar-refractivity contribution is 6.33. The van der Waals surface area contributed by atoms with Crippen LogP contribution >= 0.6 is 11.6 Å². The lowest BCUT2D eigenvalue weighted by atomic mass is 9.92. The summed E-state index contributed by atoms with van der Waals surface area (Å²) in [6.07, 6.45) is 7.88. The third-order valence-electron chi connectivity index (χ3n) is 6.71. The summed E-state index contributed by atoms with van der Waals surface area (Å²) in [5, 5.41) is 4.80. The normalized spacial score (nSPS) is 20.7. The summed E-state index contributed by atoms with van der Waals surface area (Å²) in [6, 6.07) is 4.84. The van der Waals surface area contributed by atoms with Crippen LogP contribution in [0.5, 0.6) is 0 Å². The Morgan fingerprint density at radius 2 is 1.88 bits per heavy atom. The van der Waals surface area contributed by atoms with Crippen LogP contribution in [0.2, 0.25) is 5.02 Å². The van der Waals surface area contributed by atoms with Crippen LogP contribution in [-0.4, -0.2) is 36.3 Å². The second-order valence-corrected chi connectivity index (χ2v) is 9.59. The van der Waals surface area contributed by atoms with E-state index >= 15 is 0 Å². The summed E-state index contributed by atoms with van der Waals surface area (Å²) >= 11 is 6.43. The van der Waals surface area contributed by atoms with Gasteiger partial charge in [-0.3, -0.25) is 4.68 Å². The molecular formula is C25H24ClFN6O. The number of halogens is 2. The van der Waals surface area contributed by atoms with Gasteiger partial charge in [0.05, 0.1) is 34.8 Å². The largest absolute Gasteiger partial charge is 0.373 e. The van der Waals surface area contributed by atoms with Crippen molar-refractivity contribution in [2.75, 3.05) is 6.61 Å². The molecule has 1 saturated carbocycles. The van der Waals surface area contributed by atoms with Gasteiger partial charge in [0.25, 0.3) is 0 Å². The van der Waals surface area contributed by atoms with Crippen LogP contribution in [0.25, 0.3) is 22.4 Å². The number of hydrogen-bond acceptors (Lipinski definition) is 6. The molecule has 0 spiro atoms. The molecule has 1 aliphatic carbocycles. The van der Waals surface area contributed by atoms with Gasteiger partial charge >= 0.3 is 0 Å². The molecule has 0 radical (unpaired) electrons. The maximum absolute atomic E-state index is 13.8. The van der Waals surface area contributed by atoms with Gasteiger partial charge in [0.1, 0.15) is 22.9 Å². The average Bonchev–Trinajstić information content (AvgIpc) is 3.56. The standard InChI is InChI=1S/C25H24ClFN6O/c1-13-14(2)30-25-23(29-13)22(19-6-3-17(27)10-20(19)26)31-24(32-25)15-7-8-34-21(9-15)16-11-28-33(12-16)18-4-5-18/h3,6,10-12,15,18,21H,4-5,7-9H2,1-2H3/t15-,21-/m0/s1. The summed E-state index contributed by atoms with van der Waals surface area (Å²) in [5.41, 5.74) is 4.97. The fourth-order valence-corrected chi connectivity index (χ4v) is 4.76. The molecule has 1 aromatic carbocycles. The van der Waals surface area contributed by atoms with Crippen LogP contribution in [0.1, 0.15) is 66.5 Å². The Labute approximate surface area is 201 Å². The number of nitrogens with zero attached hydrogens (tertiary/aromatic N) is 6. The molecule has 174 valence electrons. The molecule has 2 aliphatic rings. The molecular weight excluding hydrogens is 455 g/mol. The molecule has 0 unspecified atom stereocenters. The van der Waals surface area contributed by atoms with Crippen LogP contribution in [0.3, 0.4) is 0 Å². The Morgan fingerprint density at radius 1 is 1.06 bits per heavy atom. The van der Waals surface area contributed by atoms with Crippen molar-refractivity contribution in [3.63, 3.8) is 0 Å². The summed E-state index contributed by atoms with van der Waals surface area (Å²) in [4.78, 5) is 19.2. The minimum atomic E-state index is -0.399. The predicted molar refractivity (Wildman–Crippen MR) is 126 cm³/mol. The van der Waals surface area contributed by atoms with Gasteiger partial charge in [-0.1, -0.05) is 11.6 Å². The van der Waals surface area contributed by atoms with Crippen LogP contribution in [0.15, 0.2) is 30.6 Å². The smallest absolute Gasteiger partial charge is 0.182 e. The van der Waals surface area contributed by atoms with Gasteiger partial charge in [0, 0.05) is 29.8 Å². The monoisotopic (exact) mass is 478 g/mol. The first-order valence-electron chi connectivity index (χ1n) is 11.6. The molecule has 4 heterocycles. The van der Waals surface area contributed by atoms with E-state index in [1.807, 2.05) is 24.7 Å². The van der Waals surface area contributed by atoms with Gasteiger partial charge in [-0.25, -0.2) is 24.3 Å². The zero-order valence-electron chi connectivity index (χ0n) is 19.0. The average molecular weight is 479 g/mol. The van der Waals surface area contributed by atoms with Gasteiger partial charge in [-0.15, -0.1) is 0 Å². The Balaban J connectivity index is 1.41. The molecule has 0 N–H and O–H groups in total. The Hall–Kier alpha value is -2.97. The molecule has 0 amide bonds. The summed E-state index contributed by atoms with van der Waals surface area (Å²) < 4.78 is 21.9. The summed E-state index contributed by atoms with van der Waals surface area (Å²) in [5.74, 6) is 0.363. The van der Waals surface area contributed by atoms with E-state index in [1.165, 1.54) is 25.0 Å². The van der Waals surface area contributed by atoms with Crippen molar-refractivity contribution in [2.24, 2.45) is 0 Å². The lowest BCUT2D eigenvalue weighted by Crippen LogP contribution is -2.20. The highest BCUT2D eigenvalue weighted by atomic mass is 35.5. The molecule has 9 heteroatoms. The maximum atomic E-state index is 13.8. The van der Waals surface area contributed by atoms with E-state index in [0.29, 0.717) is 40.9 Å². The van der Waals surface area contributed by atoms with Crippen LogP contribution in [0, 0.1) is 19.7 Å². The Kier molecular flexibility index (Phi) is 5.30. The van der Waals surface area contributed by atoms with E-state index in [9.17, 15) is 4.39 Å². The van der Waals surface area contributed by atoms with Crippen LogP contribution in [0.4, 0.5) is 4.39 Å². The van der Waals surface area contributed by atoms with Crippen molar-refractivity contribution in [2.45, 2.75) is 57.6 Å². The molecule has 6 rings (SSSR count). The Morgan fingerprint density at radius 3 is 2.68 bits per heavy atom. The molecule has 0 bridgehead atoms. The zero-order chi connectivity index (χ0) is 23.4. The predicted octanol–water partition coefficient (Wildman–Crippen LogP) is 5.66. The van der Waals surface area contributed by atoms with E-state index in [-0.39, 0.29) is 17.0 Å². The molecule has 34 heavy (non-hydrogen) atoms. The highest BCUT2D eigenvalue weighted by Gasteiger charge is 2.31. The van der Waals surface area contributed by atoms with Crippen LogP contribution in [-0.2, 0) is 4.74 Å². The molecule has 4 aromatic rings. The molecule has 1 saturated heterocycles. The lowest BCUT2D eigenvalue weighted by Gasteiger charge is -2.28. The minimum absolute atomic E-state index is 0.0609. The van der Waals surface area contributed by atoms with Gasteiger partial charge in [0.15, 0.2) is 5.65 Å². The quantitative estimate of drug-likeness (QED) is 0.376. The van der Waals surface area contributed by atoms with Crippen molar-refractivity contribution in [3.05, 3.63) is 64.2 Å². The number of aryl methyl sites for hydroxylation is 2. The highest BCUT2D eigenvalue weighted by Crippen LogP contribution is 2.40. The zero-order valence-corrected chi connectivity index (χ0v) is 19.8. The first kappa shape index (κ1) is 21.6. The topological polar surface area (TPSA) is 78.6 Å². The molecule has 1 aliphatic heterocycles. The van der Waals surface area contributed by atoms with E-state index in [2.05, 4.69) is 11.3 Å². The molecule has 2 atom stereocenters. The maximum Gasteiger partial charge on any atom is 0.182 e. The third kappa shape index (κ3) is 3.95. The van der Waals surface area contributed by atoms with E-state index in [4.69, 9.17) is 36.3 Å². The Bertz CT molecular complexity index is 1400. The van der Waals surface area contributed by atoms with Gasteiger partial charge in [0.2, 0.25) is 0 Å². The number of ether oxygens (including phenoxy) is 1. The minimum Gasteiger partial charge on any atom is -0.373 e. The fraction of sp³-hybridized carbons (Fsp3) is 0.400. The summed E-state index contributed by atoms with van der Waals surface area (Å²) in [6.45, 7) is 4.42. The van der Waals surface area contributed by atoms with Crippen molar-refractivity contribution >= 4 is 22.8 Å². The first-order valence-corrected chi connectivity index (χ1v) is 12.0. The van der Waals surface area contributed by atoms with Crippen molar-refractivity contribution in [1.82, 2.24) is 29.7 Å². The van der Waals surface area contributed by atoms with E-state index < -0.39 is 5.82 Å². The molecule has 3 aromatic heterocycles. The van der Waals surface area contributed by atoms with E-state index in [0.717, 1.165) is 29.8 Å². The fourth-order valence-electron chi connectivity index (χ4n) is 4.50. The third-order valence-corrected chi connectivity index (χ3v) is 7.02. The molecule has 2 fully saturated rings. The van der Waals surface area contributed by atoms with Gasteiger partial charge in [-0.05, 0) is 57.7 Å². The molecule has 7 nitrogen and oxygen atoms in total. The van der Waals surface area contributed by atoms with Gasteiger partial charge in [-0.2, -0.15) is 5.10 Å². The van der Waals surface area contributed by atoms with E-state index in [1.54, 1.807) is 6.07 Å². The lowest BCUT2D eigenvalue weighted by molar-refractivity contribution is 0.00396. The number of aromatic nitrogens is 6. The number of rotatable bonds is 4. The van der Waals surface area contributed by atoms with Crippen LogP contribution < -0.4 is 0 Å². The SMILES string of the molecule is Cc1nc2nc([C@H]3CCO[C@H](c4cnn(C5CC5)c4)C3)nc(-c3ccc(F)cc3Cl)c2nc1C. The van der Waals surface area contributed by atoms with Crippen molar-refractivity contribution in [3.8, 4) is 11.3 Å². The van der Waals surface area contributed by atoms with Gasteiger partial charge < -0.3 is 4.74 Å². The summed E-state index contributed by atoms with van der Waals surface area (Å²) in [7, 11) is 0. The van der Waals surface area contributed by atoms with Crippen molar-refractivity contribution in [1.29, 1.82) is 0 Å². The second-order valence-electron chi connectivity index (χ2n) is 9.19. The number of hydrogen-bond donors (Lipinski definition) is 0. The first-order chi connectivity index (χ1) is 16.5. The van der Waals surface area contributed by atoms with Crippen molar-refractivity contribution < 1.29 is 9.13 Å². The number of fused-ring (bicyclic) bond motifs is 1. The number of benzene rings is 1.